The number of Topliss-reactive ketones (excluding diaryl/α,β-unsaturated/α-hetero) is 1. The van der Waals surface area contributed by atoms with E-state index >= 15 is 0 Å². The molecule has 8 nitrogen and oxygen atoms in total. The molecule has 0 saturated carbocycles. The molecule has 0 aliphatic rings. The Balaban J connectivity index is 2.73. The van der Waals surface area contributed by atoms with Crippen molar-refractivity contribution in [1.82, 2.24) is 9.62 Å². The average Bonchev–Trinajstić information content (AvgIpc) is 2.58. The Kier molecular flexibility index (Phi) is 8.31. The quantitative estimate of drug-likeness (QED) is 0.489. The molecule has 0 radical (unpaired) electrons. The molecule has 156 valence electrons. The molecule has 0 aliphatic carbocycles. The monoisotopic (exact) mass is 412 g/mol. The number of esters is 1. The molecular formula is C19H28N2O6S. The van der Waals surface area contributed by atoms with Crippen LogP contribution in [0.3, 0.4) is 0 Å². The molecule has 1 amide bonds. The Hall–Kier alpha value is -2.26. The Labute approximate surface area is 166 Å². The van der Waals surface area contributed by atoms with Crippen LogP contribution in [0.5, 0.6) is 0 Å². The van der Waals surface area contributed by atoms with Crippen LogP contribution in [0.25, 0.3) is 0 Å². The summed E-state index contributed by atoms with van der Waals surface area (Å²) in [5.74, 6) is -1.40. The van der Waals surface area contributed by atoms with Gasteiger partial charge in [-0.3, -0.25) is 14.4 Å². The molecule has 1 atom stereocenters. The Bertz CT molecular complexity index is 807. The highest BCUT2D eigenvalue weighted by Crippen LogP contribution is 2.12. The molecular weight excluding hydrogens is 384 g/mol. The van der Waals surface area contributed by atoms with Gasteiger partial charge in [0.1, 0.15) is 6.04 Å². The van der Waals surface area contributed by atoms with Crippen molar-refractivity contribution in [1.29, 1.82) is 0 Å². The van der Waals surface area contributed by atoms with E-state index in [4.69, 9.17) is 4.74 Å². The number of benzene rings is 1. The topological polar surface area (TPSA) is 110 Å². The molecule has 0 saturated heterocycles. The van der Waals surface area contributed by atoms with Crippen molar-refractivity contribution in [3.63, 3.8) is 0 Å². The minimum atomic E-state index is -3.99. The molecule has 0 fully saturated rings. The van der Waals surface area contributed by atoms with E-state index in [-0.39, 0.29) is 28.7 Å². The first-order valence-corrected chi connectivity index (χ1v) is 10.5. The van der Waals surface area contributed by atoms with Crippen LogP contribution in [0.15, 0.2) is 29.2 Å². The van der Waals surface area contributed by atoms with Crippen LogP contribution in [0.2, 0.25) is 0 Å². The highest BCUT2D eigenvalue weighted by molar-refractivity contribution is 7.89. The third kappa shape index (κ3) is 6.42. The lowest BCUT2D eigenvalue weighted by atomic mass is 10.2. The molecule has 0 aromatic heterocycles. The fourth-order valence-electron chi connectivity index (χ4n) is 2.72. The number of hydrogen-bond donors (Lipinski definition) is 1. The van der Waals surface area contributed by atoms with E-state index in [2.05, 4.69) is 4.72 Å². The van der Waals surface area contributed by atoms with Gasteiger partial charge < -0.3 is 9.64 Å². The van der Waals surface area contributed by atoms with Crippen molar-refractivity contribution in [2.75, 3.05) is 6.61 Å². The molecule has 0 heterocycles. The lowest BCUT2D eigenvalue weighted by Crippen LogP contribution is -2.45. The van der Waals surface area contributed by atoms with E-state index in [9.17, 15) is 22.8 Å². The zero-order valence-corrected chi connectivity index (χ0v) is 17.9. The lowest BCUT2D eigenvalue weighted by Gasteiger charge is -2.30. The molecule has 0 unspecified atom stereocenters. The number of amides is 1. The van der Waals surface area contributed by atoms with Crippen LogP contribution in [-0.4, -0.2) is 55.7 Å². The van der Waals surface area contributed by atoms with E-state index in [1.807, 2.05) is 27.7 Å². The summed E-state index contributed by atoms with van der Waals surface area (Å²) >= 11 is 0. The lowest BCUT2D eigenvalue weighted by molar-refractivity contribution is -0.154. The maximum Gasteiger partial charge on any atom is 0.324 e. The second kappa shape index (κ2) is 9.79. The van der Waals surface area contributed by atoms with Gasteiger partial charge in [-0.15, -0.1) is 0 Å². The number of nitrogens with one attached hydrogen (secondary N) is 1. The number of hydrogen-bond acceptors (Lipinski definition) is 6. The minimum Gasteiger partial charge on any atom is -0.454 e. The fraction of sp³-hybridized carbons (Fsp3) is 0.526. The number of nitrogens with zero attached hydrogens (tertiary/aromatic N) is 1. The highest BCUT2D eigenvalue weighted by Gasteiger charge is 2.26. The van der Waals surface area contributed by atoms with Crippen molar-refractivity contribution < 1.29 is 27.5 Å². The van der Waals surface area contributed by atoms with Crippen molar-refractivity contribution in [3.8, 4) is 0 Å². The molecule has 9 heteroatoms. The van der Waals surface area contributed by atoms with Gasteiger partial charge in [0.15, 0.2) is 12.4 Å². The number of ether oxygens (including phenoxy) is 1. The molecule has 0 bridgehead atoms. The summed E-state index contributed by atoms with van der Waals surface area (Å²) in [4.78, 5) is 37.1. The summed E-state index contributed by atoms with van der Waals surface area (Å²) in [7, 11) is -3.99. The normalized spacial score (nSPS) is 12.7. The van der Waals surface area contributed by atoms with Crippen LogP contribution in [0, 0.1) is 0 Å². The molecule has 0 aliphatic heterocycles. The van der Waals surface area contributed by atoms with E-state index in [0.717, 1.165) is 0 Å². The smallest absolute Gasteiger partial charge is 0.324 e. The molecule has 1 aromatic carbocycles. The van der Waals surface area contributed by atoms with Gasteiger partial charge in [0, 0.05) is 17.6 Å². The van der Waals surface area contributed by atoms with Crippen LogP contribution in [-0.2, 0) is 24.3 Å². The van der Waals surface area contributed by atoms with Gasteiger partial charge in [0.25, 0.3) is 5.91 Å². The Morgan fingerprint density at radius 1 is 1.00 bits per heavy atom. The molecule has 1 aromatic rings. The predicted molar refractivity (Wildman–Crippen MR) is 104 cm³/mol. The van der Waals surface area contributed by atoms with E-state index in [1.54, 1.807) is 4.90 Å². The number of ketones is 1. The Morgan fingerprint density at radius 3 is 1.93 bits per heavy atom. The van der Waals surface area contributed by atoms with Gasteiger partial charge in [-0.25, -0.2) is 8.42 Å². The van der Waals surface area contributed by atoms with Crippen LogP contribution in [0.4, 0.5) is 0 Å². The average molecular weight is 413 g/mol. The fourth-order valence-corrected chi connectivity index (χ4v) is 3.91. The first-order chi connectivity index (χ1) is 12.9. The maximum atomic E-state index is 12.4. The molecule has 0 spiro atoms. The van der Waals surface area contributed by atoms with Crippen molar-refractivity contribution in [3.05, 3.63) is 29.8 Å². The van der Waals surface area contributed by atoms with E-state index < -0.39 is 28.6 Å². The SMILES string of the molecule is CC(=O)c1ccc(S(=O)(=O)N[C@@H](C)C(=O)OCC(=O)N(C(C)C)C(C)C)cc1. The number of rotatable bonds is 9. The Morgan fingerprint density at radius 2 is 1.50 bits per heavy atom. The van der Waals surface area contributed by atoms with Gasteiger partial charge >= 0.3 is 5.97 Å². The summed E-state index contributed by atoms with van der Waals surface area (Å²) in [5, 5.41) is 0. The first-order valence-electron chi connectivity index (χ1n) is 8.98. The van der Waals surface area contributed by atoms with Crippen LogP contribution in [0.1, 0.15) is 51.9 Å². The highest BCUT2D eigenvalue weighted by atomic mass is 32.2. The van der Waals surface area contributed by atoms with Crippen molar-refractivity contribution >= 4 is 27.7 Å². The van der Waals surface area contributed by atoms with Crippen LogP contribution >= 0.6 is 0 Å². The number of carbonyl (C=O) groups is 3. The summed E-state index contributed by atoms with van der Waals surface area (Å²) in [6, 6.07) is 4.06. The first kappa shape index (κ1) is 23.8. The molecule has 1 rings (SSSR count). The van der Waals surface area contributed by atoms with Gasteiger partial charge in [-0.2, -0.15) is 4.72 Å². The molecule has 28 heavy (non-hydrogen) atoms. The van der Waals surface area contributed by atoms with Crippen molar-refractivity contribution in [2.24, 2.45) is 0 Å². The summed E-state index contributed by atoms with van der Waals surface area (Å²) in [5.41, 5.74) is 0.379. The second-order valence-electron chi connectivity index (χ2n) is 7.02. The van der Waals surface area contributed by atoms with E-state index in [0.29, 0.717) is 5.56 Å². The van der Waals surface area contributed by atoms with Gasteiger partial charge in [-0.05, 0) is 53.7 Å². The zero-order chi connectivity index (χ0) is 21.6. The predicted octanol–water partition coefficient (Wildman–Crippen LogP) is 1.74. The maximum absolute atomic E-state index is 12.4. The van der Waals surface area contributed by atoms with Gasteiger partial charge in [0.2, 0.25) is 10.0 Å². The summed E-state index contributed by atoms with van der Waals surface area (Å²) < 4.78 is 31.9. The summed E-state index contributed by atoms with van der Waals surface area (Å²) in [6.07, 6.45) is 0. The largest absolute Gasteiger partial charge is 0.454 e. The van der Waals surface area contributed by atoms with Crippen molar-refractivity contribution in [2.45, 2.75) is 64.6 Å². The standard InChI is InChI=1S/C19H28N2O6S/c1-12(2)21(13(3)4)18(23)11-27-19(24)14(5)20-28(25,26)17-9-7-16(8-10-17)15(6)22/h7-10,12-14,20H,11H2,1-6H3/t14-/m0/s1. The minimum absolute atomic E-state index is 0.0555. The summed E-state index contributed by atoms with van der Waals surface area (Å²) in [6.45, 7) is 9.66. The molecule has 1 N–H and O–H groups in total. The number of sulfonamides is 1. The number of carbonyl (C=O) groups excluding carboxylic acids is 3. The second-order valence-corrected chi connectivity index (χ2v) is 8.73. The van der Waals surface area contributed by atoms with Gasteiger partial charge in [-0.1, -0.05) is 12.1 Å². The van der Waals surface area contributed by atoms with Crippen LogP contribution < -0.4 is 4.72 Å². The third-order valence-corrected chi connectivity index (χ3v) is 5.55. The van der Waals surface area contributed by atoms with E-state index in [1.165, 1.54) is 38.1 Å². The third-order valence-electron chi connectivity index (χ3n) is 4.00. The van der Waals surface area contributed by atoms with Gasteiger partial charge in [0.05, 0.1) is 4.90 Å². The zero-order valence-electron chi connectivity index (χ0n) is 17.1.